The van der Waals surface area contributed by atoms with Gasteiger partial charge in [0.25, 0.3) is 0 Å². The van der Waals surface area contributed by atoms with Crippen LogP contribution in [0.2, 0.25) is 0 Å². The number of piperidine rings is 1. The summed E-state index contributed by atoms with van der Waals surface area (Å²) in [5.41, 5.74) is 4.68. The molecule has 2 fully saturated rings. The summed E-state index contributed by atoms with van der Waals surface area (Å²) in [6, 6.07) is 16.7. The zero-order valence-electron chi connectivity index (χ0n) is 25.7. The Kier molecular flexibility index (Phi) is 10.3. The van der Waals surface area contributed by atoms with E-state index in [0.29, 0.717) is 30.4 Å². The van der Waals surface area contributed by atoms with Crippen LogP contribution in [-0.2, 0) is 14.3 Å². The molecule has 2 unspecified atom stereocenters. The molecule has 2 saturated heterocycles. The number of carbonyl (C=O) groups excluding carboxylic acids is 1. The highest BCUT2D eigenvalue weighted by molar-refractivity contribution is 7.19. The Morgan fingerprint density at radius 3 is 2.13 bits per heavy atom. The van der Waals surface area contributed by atoms with Crippen molar-refractivity contribution in [2.24, 2.45) is 0 Å². The fourth-order valence-electron chi connectivity index (χ4n) is 5.77. The number of carboxylic acid groups (broad SMARTS) is 1. The summed E-state index contributed by atoms with van der Waals surface area (Å²) in [5.74, 6) is -3.07. The van der Waals surface area contributed by atoms with Crippen LogP contribution >= 0.6 is 11.3 Å². The van der Waals surface area contributed by atoms with E-state index < -0.39 is 12.1 Å². The first-order valence-corrected chi connectivity index (χ1v) is 15.9. The summed E-state index contributed by atoms with van der Waals surface area (Å²) in [6.07, 6.45) is -0.117. The Bertz CT molecular complexity index is 1590. The molecule has 0 saturated carbocycles. The fraction of sp³-hybridized carbons (Fsp3) is 0.438. The molecule has 2 atom stereocenters. The smallest absolute Gasteiger partial charge is 0.475 e. The molecule has 0 aliphatic carbocycles. The number of hydrogen-bond acceptors (Lipinski definition) is 9. The number of alkyl halides is 3. The van der Waals surface area contributed by atoms with Gasteiger partial charge in [-0.3, -0.25) is 4.90 Å². The van der Waals surface area contributed by atoms with Crippen LogP contribution in [0.3, 0.4) is 0 Å². The number of fused-ring (bicyclic) bond motifs is 1. The van der Waals surface area contributed by atoms with E-state index in [2.05, 4.69) is 47.9 Å². The number of esters is 1. The number of halogens is 3. The number of ether oxygens (including phenoxy) is 2. The predicted molar refractivity (Wildman–Crippen MR) is 168 cm³/mol. The summed E-state index contributed by atoms with van der Waals surface area (Å²) in [7, 11) is 0. The second-order valence-corrected chi connectivity index (χ2v) is 12.3. The van der Waals surface area contributed by atoms with Crippen LogP contribution in [0.15, 0.2) is 54.7 Å². The molecule has 2 aromatic carbocycles. The van der Waals surface area contributed by atoms with Crippen molar-refractivity contribution in [3.63, 3.8) is 0 Å². The predicted octanol–water partition coefficient (Wildman–Crippen LogP) is 6.01. The van der Waals surface area contributed by atoms with Crippen molar-refractivity contribution in [3.05, 3.63) is 60.3 Å². The van der Waals surface area contributed by atoms with Crippen molar-refractivity contribution >= 4 is 33.9 Å². The number of anilines is 1. The van der Waals surface area contributed by atoms with Crippen molar-refractivity contribution in [2.75, 3.05) is 37.7 Å². The summed E-state index contributed by atoms with van der Waals surface area (Å²) >= 11 is 1.58. The Labute approximate surface area is 268 Å². The maximum absolute atomic E-state index is 11.9. The zero-order valence-corrected chi connectivity index (χ0v) is 26.6. The first-order chi connectivity index (χ1) is 21.9. The standard InChI is InChI=1S/C30H35N5O3S.C2HF3O2/c1-4-37-29(36)24-7-5-22(6-8-24)27-19-35-30(31-27)39-28(32-35)23-9-11-25(12-10-23)33-15-13-26(14-16-33)34-17-20(2)38-21(3)18-34;3-2(4,5)1(6)7/h5-12,19-21,26H,4,13-18H2,1-3H3;(H,6,7). The molecule has 246 valence electrons. The van der Waals surface area contributed by atoms with Crippen LogP contribution in [-0.4, -0.2) is 93.8 Å². The van der Waals surface area contributed by atoms with Gasteiger partial charge in [0.05, 0.1) is 36.3 Å². The number of carboxylic acids is 1. The Balaban J connectivity index is 0.000000537. The zero-order chi connectivity index (χ0) is 33.0. The van der Waals surface area contributed by atoms with Gasteiger partial charge in [-0.25, -0.2) is 19.1 Å². The van der Waals surface area contributed by atoms with Crippen LogP contribution in [0.25, 0.3) is 26.8 Å². The molecule has 10 nitrogen and oxygen atoms in total. The number of morpholine rings is 1. The number of nitrogens with zero attached hydrogens (tertiary/aromatic N) is 5. The van der Waals surface area contributed by atoms with Gasteiger partial charge >= 0.3 is 18.1 Å². The van der Waals surface area contributed by atoms with Crippen molar-refractivity contribution in [3.8, 4) is 21.8 Å². The average molecular weight is 660 g/mol. The minimum Gasteiger partial charge on any atom is -0.475 e. The molecule has 0 spiro atoms. The third-order valence-corrected chi connectivity index (χ3v) is 8.86. The van der Waals surface area contributed by atoms with Gasteiger partial charge in [0.1, 0.15) is 5.01 Å². The summed E-state index contributed by atoms with van der Waals surface area (Å²) < 4.78 is 44.6. The SMILES string of the molecule is CCOC(=O)c1ccc(-c2cn3nc(-c4ccc(N5CCC(N6CC(C)OC(C)C6)CC5)cc4)sc3n2)cc1.O=C(O)C(F)(F)F. The number of benzene rings is 2. The van der Waals surface area contributed by atoms with Crippen LogP contribution in [0.4, 0.5) is 18.9 Å². The third-order valence-electron chi connectivity index (χ3n) is 7.89. The van der Waals surface area contributed by atoms with E-state index in [4.69, 9.17) is 29.5 Å². The third kappa shape index (κ3) is 8.03. The molecule has 1 N–H and O–H groups in total. The van der Waals surface area contributed by atoms with Crippen LogP contribution in [0, 0.1) is 0 Å². The van der Waals surface area contributed by atoms with Gasteiger partial charge in [-0.1, -0.05) is 23.5 Å². The van der Waals surface area contributed by atoms with E-state index in [9.17, 15) is 18.0 Å². The quantitative estimate of drug-likeness (QED) is 0.249. The molecular formula is C32H36F3N5O5S. The van der Waals surface area contributed by atoms with Gasteiger partial charge in [-0.2, -0.15) is 18.3 Å². The largest absolute Gasteiger partial charge is 0.490 e. The second kappa shape index (κ2) is 14.2. The Morgan fingerprint density at radius 1 is 1.00 bits per heavy atom. The van der Waals surface area contributed by atoms with Gasteiger partial charge in [0.2, 0.25) is 4.96 Å². The average Bonchev–Trinajstić information content (AvgIpc) is 3.61. The maximum atomic E-state index is 11.9. The summed E-state index contributed by atoms with van der Waals surface area (Å²) in [4.78, 5) is 31.6. The van der Waals surface area contributed by atoms with Gasteiger partial charge < -0.3 is 19.5 Å². The highest BCUT2D eigenvalue weighted by Crippen LogP contribution is 2.31. The number of aliphatic carboxylic acids is 1. The van der Waals surface area contributed by atoms with Gasteiger partial charge in [-0.05, 0) is 70.0 Å². The van der Waals surface area contributed by atoms with Crippen molar-refractivity contribution in [1.29, 1.82) is 0 Å². The highest BCUT2D eigenvalue weighted by Gasteiger charge is 2.38. The van der Waals surface area contributed by atoms with Crippen molar-refractivity contribution in [2.45, 2.75) is 58.0 Å². The minimum atomic E-state index is -5.08. The molecular weight excluding hydrogens is 623 g/mol. The molecule has 6 rings (SSSR count). The number of rotatable bonds is 6. The van der Waals surface area contributed by atoms with Crippen LogP contribution < -0.4 is 4.90 Å². The fourth-order valence-corrected chi connectivity index (χ4v) is 6.65. The number of hydrogen-bond donors (Lipinski definition) is 1. The first-order valence-electron chi connectivity index (χ1n) is 15.1. The molecule has 4 aromatic rings. The second-order valence-electron chi connectivity index (χ2n) is 11.3. The molecule has 2 aliphatic heterocycles. The highest BCUT2D eigenvalue weighted by atomic mass is 32.1. The van der Waals surface area contributed by atoms with E-state index in [1.54, 1.807) is 30.4 Å². The first kappa shape index (κ1) is 33.4. The van der Waals surface area contributed by atoms with E-state index >= 15 is 0 Å². The van der Waals surface area contributed by atoms with E-state index in [1.807, 2.05) is 22.8 Å². The van der Waals surface area contributed by atoms with Gasteiger partial charge in [0.15, 0.2) is 0 Å². The molecule has 4 heterocycles. The molecule has 0 bridgehead atoms. The van der Waals surface area contributed by atoms with Crippen LogP contribution in [0.1, 0.15) is 44.0 Å². The van der Waals surface area contributed by atoms with Crippen molar-refractivity contribution < 1.29 is 37.3 Å². The molecule has 2 aliphatic rings. The normalized spacial score (nSPS) is 19.5. The summed E-state index contributed by atoms with van der Waals surface area (Å²) in [5, 5.41) is 12.9. The number of carbonyl (C=O) groups is 2. The lowest BCUT2D eigenvalue weighted by molar-refractivity contribution is -0.192. The van der Waals surface area contributed by atoms with E-state index in [0.717, 1.165) is 53.0 Å². The topological polar surface area (TPSA) is 110 Å². The lowest BCUT2D eigenvalue weighted by atomic mass is 10.0. The van der Waals surface area contributed by atoms with E-state index in [1.165, 1.54) is 18.5 Å². The molecule has 2 aromatic heterocycles. The lowest BCUT2D eigenvalue weighted by Gasteiger charge is -2.44. The number of imidazole rings is 1. The molecule has 46 heavy (non-hydrogen) atoms. The number of aromatic nitrogens is 3. The summed E-state index contributed by atoms with van der Waals surface area (Å²) in [6.45, 7) is 10.8. The van der Waals surface area contributed by atoms with E-state index in [-0.39, 0.29) is 5.97 Å². The Hall–Kier alpha value is -4.01. The van der Waals surface area contributed by atoms with Gasteiger partial charge in [-0.15, -0.1) is 0 Å². The lowest BCUT2D eigenvalue weighted by Crippen LogP contribution is -2.53. The Morgan fingerprint density at radius 2 is 1.59 bits per heavy atom. The maximum Gasteiger partial charge on any atom is 0.490 e. The monoisotopic (exact) mass is 659 g/mol. The molecule has 0 amide bonds. The molecule has 0 radical (unpaired) electrons. The minimum absolute atomic E-state index is 0.311. The van der Waals surface area contributed by atoms with Crippen LogP contribution in [0.5, 0.6) is 0 Å². The van der Waals surface area contributed by atoms with Gasteiger partial charge in [0, 0.05) is 49.0 Å². The van der Waals surface area contributed by atoms with Crippen molar-refractivity contribution in [1.82, 2.24) is 19.5 Å². The molecule has 14 heteroatoms.